The fraction of sp³-hybridized carbons (Fsp3) is 0.364. The number of amidine groups is 1. The second-order valence-electron chi connectivity index (χ2n) is 3.26. The van der Waals surface area contributed by atoms with E-state index >= 15 is 0 Å². The van der Waals surface area contributed by atoms with E-state index in [-0.39, 0.29) is 5.88 Å². The molecule has 0 amide bonds. The second-order valence-corrected chi connectivity index (χ2v) is 3.52. The third-order valence-corrected chi connectivity index (χ3v) is 2.28. The molecular weight excluding hydrogens is 210 g/mol. The normalized spacial score (nSPS) is 11.7. The predicted molar refractivity (Wildman–Crippen MR) is 66.1 cm³/mol. The van der Waals surface area contributed by atoms with Gasteiger partial charge in [-0.15, -0.1) is 11.6 Å². The molecule has 82 valence electrons. The number of halogens is 1. The quantitative estimate of drug-likeness (QED) is 0.455. The fourth-order valence-electron chi connectivity index (χ4n) is 1.20. The molecule has 0 saturated heterocycles. The molecule has 0 radical (unpaired) electrons. The van der Waals surface area contributed by atoms with Gasteiger partial charge < -0.3 is 11.1 Å². The number of nitrogens with zero attached hydrogens (tertiary/aromatic N) is 1. The average molecular weight is 226 g/mol. The van der Waals surface area contributed by atoms with Crippen molar-refractivity contribution >= 4 is 23.1 Å². The first kappa shape index (κ1) is 12.0. The minimum atomic E-state index is 0.265. The highest BCUT2D eigenvalue weighted by molar-refractivity contribution is 6.28. The Balaban J connectivity index is 2.64. The van der Waals surface area contributed by atoms with Gasteiger partial charge >= 0.3 is 0 Å². The molecule has 0 fully saturated rings. The first-order valence-corrected chi connectivity index (χ1v) is 5.42. The molecule has 0 aliphatic carbocycles. The zero-order chi connectivity index (χ0) is 11.1. The van der Waals surface area contributed by atoms with Crippen LogP contribution in [0.15, 0.2) is 29.3 Å². The summed E-state index contributed by atoms with van der Waals surface area (Å²) in [4.78, 5) is 4.15. The largest absolute Gasteiger partial charge is 0.386 e. The molecule has 0 bridgehead atoms. The Bertz CT molecular complexity index is 319. The van der Waals surface area contributed by atoms with Crippen LogP contribution >= 0.6 is 11.6 Å². The third-order valence-electron chi connectivity index (χ3n) is 2.01. The van der Waals surface area contributed by atoms with Gasteiger partial charge in [0.1, 0.15) is 5.84 Å². The number of alkyl halides is 1. The second kappa shape index (κ2) is 6.43. The summed E-state index contributed by atoms with van der Waals surface area (Å²) in [6.07, 6.45) is 1.02. The summed E-state index contributed by atoms with van der Waals surface area (Å²) in [6, 6.07) is 8.00. The summed E-state index contributed by atoms with van der Waals surface area (Å²) in [7, 11) is 1.94. The minimum absolute atomic E-state index is 0.265. The van der Waals surface area contributed by atoms with E-state index < -0.39 is 0 Å². The number of likely N-dealkylation sites (N-methyl/N-ethyl adjacent to an activating group) is 1. The summed E-state index contributed by atoms with van der Waals surface area (Å²) in [5.41, 5.74) is 7.66. The number of hydrogen-bond donors (Lipinski definition) is 2. The molecule has 0 unspecified atom stereocenters. The van der Waals surface area contributed by atoms with Crippen LogP contribution in [0.2, 0.25) is 0 Å². The smallest absolute Gasteiger partial charge is 0.115 e. The lowest BCUT2D eigenvalue weighted by Crippen LogP contribution is -2.12. The van der Waals surface area contributed by atoms with Crippen molar-refractivity contribution < 1.29 is 0 Å². The lowest BCUT2D eigenvalue weighted by atomic mass is 10.1. The van der Waals surface area contributed by atoms with E-state index in [4.69, 9.17) is 17.3 Å². The van der Waals surface area contributed by atoms with Crippen LogP contribution in [0.5, 0.6) is 0 Å². The van der Waals surface area contributed by atoms with Crippen LogP contribution < -0.4 is 11.1 Å². The van der Waals surface area contributed by atoms with Crippen molar-refractivity contribution in [2.75, 3.05) is 19.5 Å². The van der Waals surface area contributed by atoms with Gasteiger partial charge in [-0.3, -0.25) is 0 Å². The highest BCUT2D eigenvalue weighted by atomic mass is 35.5. The maximum absolute atomic E-state index is 5.54. The summed E-state index contributed by atoms with van der Waals surface area (Å²) >= 11 is 5.54. The molecule has 1 aromatic carbocycles. The Labute approximate surface area is 95.3 Å². The van der Waals surface area contributed by atoms with Gasteiger partial charge in [0.15, 0.2) is 0 Å². The summed E-state index contributed by atoms with van der Waals surface area (Å²) in [6.45, 7) is 0.979. The van der Waals surface area contributed by atoms with Gasteiger partial charge in [-0.1, -0.05) is 12.1 Å². The van der Waals surface area contributed by atoms with Crippen molar-refractivity contribution in [2.24, 2.45) is 10.7 Å². The van der Waals surface area contributed by atoms with Gasteiger partial charge in [0.05, 0.1) is 11.6 Å². The standard InChI is InChI=1S/C11H16ClN3/c1-14-7-6-9-2-4-10(5-3-9)15-11(13)8-12/h2-5,14H,6-8H2,1H3,(H2,13,15). The van der Waals surface area contributed by atoms with Crippen molar-refractivity contribution in [3.8, 4) is 0 Å². The molecule has 0 atom stereocenters. The van der Waals surface area contributed by atoms with Gasteiger partial charge in [0, 0.05) is 0 Å². The number of rotatable bonds is 5. The Morgan fingerprint density at radius 1 is 1.40 bits per heavy atom. The lowest BCUT2D eigenvalue weighted by molar-refractivity contribution is 0.792. The lowest BCUT2D eigenvalue weighted by Gasteiger charge is -2.01. The van der Waals surface area contributed by atoms with Crippen LogP contribution in [0.4, 0.5) is 5.69 Å². The molecule has 0 aliphatic heterocycles. The average Bonchev–Trinajstić information content (AvgIpc) is 2.28. The molecule has 0 spiro atoms. The van der Waals surface area contributed by atoms with Crippen LogP contribution in [0.3, 0.4) is 0 Å². The fourth-order valence-corrected chi connectivity index (χ4v) is 1.26. The van der Waals surface area contributed by atoms with Gasteiger partial charge in [-0.25, -0.2) is 4.99 Å². The Hall–Kier alpha value is -1.06. The molecule has 0 saturated carbocycles. The summed E-state index contributed by atoms with van der Waals surface area (Å²) in [5.74, 6) is 0.709. The Morgan fingerprint density at radius 2 is 2.07 bits per heavy atom. The van der Waals surface area contributed by atoms with Gasteiger partial charge in [0.2, 0.25) is 0 Å². The minimum Gasteiger partial charge on any atom is -0.386 e. The van der Waals surface area contributed by atoms with Crippen LogP contribution in [-0.2, 0) is 6.42 Å². The SMILES string of the molecule is CNCCc1ccc(N=C(N)CCl)cc1. The van der Waals surface area contributed by atoms with Crippen LogP contribution in [0.25, 0.3) is 0 Å². The molecule has 15 heavy (non-hydrogen) atoms. The van der Waals surface area contributed by atoms with E-state index in [2.05, 4.69) is 22.4 Å². The van der Waals surface area contributed by atoms with Gasteiger partial charge in [0.25, 0.3) is 0 Å². The van der Waals surface area contributed by atoms with Crippen molar-refractivity contribution in [1.82, 2.24) is 5.32 Å². The molecule has 4 heteroatoms. The monoisotopic (exact) mass is 225 g/mol. The molecular formula is C11H16ClN3. The molecule has 0 aromatic heterocycles. The predicted octanol–water partition coefficient (Wildman–Crippen LogP) is 1.68. The third kappa shape index (κ3) is 4.32. The van der Waals surface area contributed by atoms with Crippen molar-refractivity contribution in [3.05, 3.63) is 29.8 Å². The number of hydrogen-bond acceptors (Lipinski definition) is 2. The molecule has 0 heterocycles. The Morgan fingerprint density at radius 3 is 2.60 bits per heavy atom. The molecule has 3 N–H and O–H groups in total. The van der Waals surface area contributed by atoms with Gasteiger partial charge in [-0.05, 0) is 37.7 Å². The van der Waals surface area contributed by atoms with Crippen molar-refractivity contribution in [3.63, 3.8) is 0 Å². The number of nitrogens with one attached hydrogen (secondary N) is 1. The molecule has 0 aliphatic rings. The van der Waals surface area contributed by atoms with E-state index in [1.165, 1.54) is 5.56 Å². The maximum Gasteiger partial charge on any atom is 0.115 e. The van der Waals surface area contributed by atoms with E-state index in [9.17, 15) is 0 Å². The summed E-state index contributed by atoms with van der Waals surface area (Å²) < 4.78 is 0. The first-order chi connectivity index (χ1) is 7.26. The van der Waals surface area contributed by atoms with Crippen LogP contribution in [0.1, 0.15) is 5.56 Å². The first-order valence-electron chi connectivity index (χ1n) is 4.89. The molecule has 1 aromatic rings. The zero-order valence-electron chi connectivity index (χ0n) is 8.83. The number of benzene rings is 1. The highest BCUT2D eigenvalue weighted by Gasteiger charge is 1.94. The van der Waals surface area contributed by atoms with Crippen molar-refractivity contribution in [2.45, 2.75) is 6.42 Å². The Kier molecular flexibility index (Phi) is 5.15. The van der Waals surface area contributed by atoms with E-state index in [1.807, 2.05) is 19.2 Å². The van der Waals surface area contributed by atoms with Crippen molar-refractivity contribution in [1.29, 1.82) is 0 Å². The molecule has 3 nitrogen and oxygen atoms in total. The number of nitrogens with two attached hydrogens (primary N) is 1. The van der Waals surface area contributed by atoms with E-state index in [0.29, 0.717) is 5.84 Å². The van der Waals surface area contributed by atoms with Gasteiger partial charge in [-0.2, -0.15) is 0 Å². The zero-order valence-corrected chi connectivity index (χ0v) is 9.59. The van der Waals surface area contributed by atoms with E-state index in [1.54, 1.807) is 0 Å². The summed E-state index contributed by atoms with van der Waals surface area (Å²) in [5, 5.41) is 3.11. The number of aliphatic imine (C=N–C) groups is 1. The maximum atomic E-state index is 5.54. The molecule has 1 rings (SSSR count). The highest BCUT2D eigenvalue weighted by Crippen LogP contribution is 2.13. The van der Waals surface area contributed by atoms with Crippen LogP contribution in [0, 0.1) is 0 Å². The topological polar surface area (TPSA) is 50.4 Å². The van der Waals surface area contributed by atoms with E-state index in [0.717, 1.165) is 18.7 Å². The van der Waals surface area contributed by atoms with Crippen LogP contribution in [-0.4, -0.2) is 25.3 Å².